The molecule has 1 saturated heterocycles. The topological polar surface area (TPSA) is 66.2 Å². The fraction of sp³-hybridized carbons (Fsp3) is 0.478. The Morgan fingerprint density at radius 3 is 2.87 bits per heavy atom. The first kappa shape index (κ1) is 20.7. The van der Waals surface area contributed by atoms with Crippen LogP contribution >= 0.6 is 11.6 Å². The lowest BCUT2D eigenvalue weighted by molar-refractivity contribution is 0.0670. The van der Waals surface area contributed by atoms with Crippen LogP contribution in [-0.4, -0.2) is 45.6 Å². The standard InChI is InChI=1S/C23H27ClFN5O/c24-16-3-4-19-18(13-16)28-21(29(19)12-2-1-8-25)15-30-20-14-27-9-5-17(20)23(22(30)31)6-10-26-11-7-23/h3-5,9,13-14,22,26,31H,1-2,6-8,10-12,15H2. The van der Waals surface area contributed by atoms with E-state index in [1.165, 1.54) is 5.56 Å². The van der Waals surface area contributed by atoms with Gasteiger partial charge in [-0.3, -0.25) is 9.37 Å². The Kier molecular flexibility index (Phi) is 5.58. The van der Waals surface area contributed by atoms with Gasteiger partial charge in [0.1, 0.15) is 12.1 Å². The van der Waals surface area contributed by atoms with Crippen molar-refractivity contribution in [2.45, 2.75) is 50.4 Å². The number of fused-ring (bicyclic) bond motifs is 3. The highest BCUT2D eigenvalue weighted by Gasteiger charge is 2.51. The van der Waals surface area contributed by atoms with Gasteiger partial charge in [-0.05, 0) is 68.6 Å². The van der Waals surface area contributed by atoms with Crippen molar-refractivity contribution >= 4 is 28.3 Å². The van der Waals surface area contributed by atoms with Gasteiger partial charge in [0.15, 0.2) is 0 Å². The summed E-state index contributed by atoms with van der Waals surface area (Å²) in [7, 11) is 0. The van der Waals surface area contributed by atoms with Crippen molar-refractivity contribution in [1.82, 2.24) is 19.9 Å². The molecule has 1 spiro atoms. The molecule has 6 nitrogen and oxygen atoms in total. The number of nitrogens with zero attached hydrogens (tertiary/aromatic N) is 4. The van der Waals surface area contributed by atoms with Crippen molar-refractivity contribution in [3.8, 4) is 0 Å². The van der Waals surface area contributed by atoms with E-state index in [0.29, 0.717) is 24.5 Å². The predicted molar refractivity (Wildman–Crippen MR) is 120 cm³/mol. The summed E-state index contributed by atoms with van der Waals surface area (Å²) in [4.78, 5) is 11.2. The number of nitrogens with one attached hydrogen (secondary N) is 1. The Hall–Kier alpha value is -2.22. The second-order valence-corrected chi connectivity index (χ2v) is 8.95. The van der Waals surface area contributed by atoms with Crippen molar-refractivity contribution in [3.05, 3.63) is 53.1 Å². The number of alkyl halides is 1. The SMILES string of the molecule is OC1N(Cc2nc3cc(Cl)ccc3n2CCCCF)c2cnccc2C12CCNCC2. The largest absolute Gasteiger partial charge is 0.373 e. The van der Waals surface area contributed by atoms with Gasteiger partial charge in [-0.15, -0.1) is 0 Å². The minimum Gasteiger partial charge on any atom is -0.373 e. The summed E-state index contributed by atoms with van der Waals surface area (Å²) in [5.41, 5.74) is 3.64. The second-order valence-electron chi connectivity index (χ2n) is 8.51. The quantitative estimate of drug-likeness (QED) is 0.567. The average Bonchev–Trinajstić information content (AvgIpc) is 3.23. The molecular weight excluding hydrogens is 417 g/mol. The molecule has 0 aliphatic carbocycles. The van der Waals surface area contributed by atoms with Gasteiger partial charge in [-0.2, -0.15) is 0 Å². The van der Waals surface area contributed by atoms with E-state index in [9.17, 15) is 9.50 Å². The van der Waals surface area contributed by atoms with Gasteiger partial charge in [0.25, 0.3) is 0 Å². The lowest BCUT2D eigenvalue weighted by Gasteiger charge is -2.39. The van der Waals surface area contributed by atoms with Gasteiger partial charge in [0, 0.05) is 23.2 Å². The van der Waals surface area contributed by atoms with Gasteiger partial charge in [0.05, 0.1) is 36.1 Å². The molecule has 0 bridgehead atoms. The van der Waals surface area contributed by atoms with Gasteiger partial charge in [-0.25, -0.2) is 4.98 Å². The molecule has 0 radical (unpaired) electrons. The lowest BCUT2D eigenvalue weighted by atomic mass is 9.74. The van der Waals surface area contributed by atoms with Crippen LogP contribution in [0.15, 0.2) is 36.7 Å². The normalized spacial score (nSPS) is 20.0. The van der Waals surface area contributed by atoms with Crippen molar-refractivity contribution < 1.29 is 9.50 Å². The first-order valence-electron chi connectivity index (χ1n) is 10.9. The Balaban J connectivity index is 1.54. The molecule has 0 saturated carbocycles. The molecule has 2 aliphatic rings. The summed E-state index contributed by atoms with van der Waals surface area (Å²) >= 11 is 6.20. The highest BCUT2D eigenvalue weighted by molar-refractivity contribution is 6.31. The van der Waals surface area contributed by atoms with Crippen LogP contribution < -0.4 is 10.2 Å². The minimum atomic E-state index is -0.642. The molecule has 2 aromatic heterocycles. The molecular formula is C23H27ClFN5O. The van der Waals surface area contributed by atoms with Crippen molar-refractivity contribution in [3.63, 3.8) is 0 Å². The first-order valence-corrected chi connectivity index (χ1v) is 11.3. The number of aromatic nitrogens is 3. The number of benzene rings is 1. The maximum absolute atomic E-state index is 12.7. The van der Waals surface area contributed by atoms with Crippen LogP contribution in [0, 0.1) is 0 Å². The van der Waals surface area contributed by atoms with Crippen LogP contribution in [0.4, 0.5) is 10.1 Å². The summed E-state index contributed by atoms with van der Waals surface area (Å²) in [5.74, 6) is 0.843. The second kappa shape index (κ2) is 8.37. The van der Waals surface area contributed by atoms with Crippen LogP contribution in [0.25, 0.3) is 11.0 Å². The summed E-state index contributed by atoms with van der Waals surface area (Å²) in [6.07, 6.45) is 6.02. The fourth-order valence-electron chi connectivity index (χ4n) is 5.22. The molecule has 1 unspecified atom stereocenters. The number of unbranched alkanes of at least 4 members (excludes halogenated alkanes) is 1. The summed E-state index contributed by atoms with van der Waals surface area (Å²) < 4.78 is 14.9. The highest BCUT2D eigenvalue weighted by atomic mass is 35.5. The third-order valence-electron chi connectivity index (χ3n) is 6.80. The molecule has 3 aromatic rings. The van der Waals surface area contributed by atoms with E-state index in [4.69, 9.17) is 16.6 Å². The molecule has 1 fully saturated rings. The van der Waals surface area contributed by atoms with Gasteiger partial charge in [0.2, 0.25) is 0 Å². The Morgan fingerprint density at radius 2 is 2.06 bits per heavy atom. The van der Waals surface area contributed by atoms with E-state index in [2.05, 4.69) is 14.9 Å². The maximum atomic E-state index is 12.7. The lowest BCUT2D eigenvalue weighted by Crippen LogP contribution is -2.50. The predicted octanol–water partition coefficient (Wildman–Crippen LogP) is 3.79. The Bertz CT molecular complexity index is 1080. The number of halogens is 2. The number of rotatable bonds is 6. The highest BCUT2D eigenvalue weighted by Crippen LogP contribution is 2.49. The zero-order chi connectivity index (χ0) is 21.4. The number of anilines is 1. The van der Waals surface area contributed by atoms with Gasteiger partial charge < -0.3 is 19.9 Å². The zero-order valence-electron chi connectivity index (χ0n) is 17.4. The van der Waals surface area contributed by atoms with Crippen LogP contribution in [0.5, 0.6) is 0 Å². The van der Waals surface area contributed by atoms with E-state index in [1.807, 2.05) is 41.6 Å². The van der Waals surface area contributed by atoms with E-state index < -0.39 is 6.23 Å². The number of imidazole rings is 1. The van der Waals surface area contributed by atoms with Crippen molar-refractivity contribution in [1.29, 1.82) is 0 Å². The summed E-state index contributed by atoms with van der Waals surface area (Å²) in [6.45, 7) is 2.57. The molecule has 0 amide bonds. The molecule has 1 atom stereocenters. The zero-order valence-corrected chi connectivity index (χ0v) is 18.2. The molecule has 2 aliphatic heterocycles. The van der Waals surface area contributed by atoms with E-state index in [-0.39, 0.29) is 12.1 Å². The molecule has 1 aromatic carbocycles. The van der Waals surface area contributed by atoms with Crippen molar-refractivity contribution in [2.75, 3.05) is 24.7 Å². The van der Waals surface area contributed by atoms with E-state index in [0.717, 1.165) is 54.9 Å². The number of hydrogen-bond donors (Lipinski definition) is 2. The first-order chi connectivity index (χ1) is 15.1. The van der Waals surface area contributed by atoms with E-state index in [1.54, 1.807) is 0 Å². The Morgan fingerprint density at radius 1 is 1.23 bits per heavy atom. The third kappa shape index (κ3) is 3.49. The number of hydrogen-bond acceptors (Lipinski definition) is 5. The van der Waals surface area contributed by atoms with Gasteiger partial charge in [-0.1, -0.05) is 11.6 Å². The minimum absolute atomic E-state index is 0.294. The molecule has 2 N–H and O–H groups in total. The van der Waals surface area contributed by atoms with Crippen LogP contribution in [-0.2, 0) is 18.5 Å². The smallest absolute Gasteiger partial charge is 0.137 e. The Labute approximate surface area is 186 Å². The monoisotopic (exact) mass is 443 g/mol. The number of aliphatic hydroxyl groups excluding tert-OH is 1. The average molecular weight is 444 g/mol. The molecule has 4 heterocycles. The molecule has 8 heteroatoms. The fourth-order valence-corrected chi connectivity index (χ4v) is 5.38. The van der Waals surface area contributed by atoms with Crippen LogP contribution in [0.1, 0.15) is 37.1 Å². The maximum Gasteiger partial charge on any atom is 0.137 e. The molecule has 5 rings (SSSR count). The van der Waals surface area contributed by atoms with Crippen molar-refractivity contribution in [2.24, 2.45) is 0 Å². The number of aliphatic hydroxyl groups is 1. The number of pyridine rings is 1. The molecule has 164 valence electrons. The molecule has 31 heavy (non-hydrogen) atoms. The van der Waals surface area contributed by atoms with Crippen LogP contribution in [0.2, 0.25) is 5.02 Å². The third-order valence-corrected chi connectivity index (χ3v) is 7.03. The summed E-state index contributed by atoms with van der Waals surface area (Å²) in [5, 5.41) is 15.6. The van der Waals surface area contributed by atoms with Crippen LogP contribution in [0.3, 0.4) is 0 Å². The summed E-state index contributed by atoms with van der Waals surface area (Å²) in [6, 6.07) is 7.73. The number of piperidine rings is 1. The number of aryl methyl sites for hydroxylation is 1. The van der Waals surface area contributed by atoms with Gasteiger partial charge >= 0.3 is 0 Å². The van der Waals surface area contributed by atoms with E-state index >= 15 is 0 Å².